The molecule has 5 heteroatoms. The van der Waals surface area contributed by atoms with Gasteiger partial charge in [-0.2, -0.15) is 0 Å². The first-order valence-corrected chi connectivity index (χ1v) is 5.08. The molecule has 4 nitrogen and oxygen atoms in total. The molecule has 1 amide bonds. The molecule has 0 bridgehead atoms. The van der Waals surface area contributed by atoms with E-state index in [0.717, 1.165) is 0 Å². The lowest BCUT2D eigenvalue weighted by atomic mass is 10.3. The van der Waals surface area contributed by atoms with Gasteiger partial charge in [0.2, 0.25) is 0 Å². The van der Waals surface area contributed by atoms with Crippen molar-refractivity contribution in [2.24, 2.45) is 7.05 Å². The molecule has 0 radical (unpaired) electrons. The number of aryl methyl sites for hydroxylation is 1. The second kappa shape index (κ2) is 4.37. The number of carbonyl (C=O) groups is 1. The number of benzene rings is 1. The number of imidazole rings is 1. The van der Waals surface area contributed by atoms with Crippen LogP contribution in [0.5, 0.6) is 0 Å². The van der Waals surface area contributed by atoms with Gasteiger partial charge < -0.3 is 9.88 Å². The van der Waals surface area contributed by atoms with Crippen LogP contribution in [0.2, 0.25) is 5.02 Å². The van der Waals surface area contributed by atoms with Crippen LogP contribution in [-0.2, 0) is 7.05 Å². The van der Waals surface area contributed by atoms with Gasteiger partial charge >= 0.3 is 0 Å². The number of nitrogens with zero attached hydrogens (tertiary/aromatic N) is 2. The summed E-state index contributed by atoms with van der Waals surface area (Å²) in [6.07, 6.45) is 3.23. The molecule has 2 rings (SSSR count). The highest BCUT2D eigenvalue weighted by molar-refractivity contribution is 6.30. The van der Waals surface area contributed by atoms with Crippen LogP contribution in [0.15, 0.2) is 36.8 Å². The monoisotopic (exact) mass is 235 g/mol. The molecule has 2 aromatic rings. The van der Waals surface area contributed by atoms with Crippen molar-refractivity contribution in [3.05, 3.63) is 47.5 Å². The Balaban J connectivity index is 2.13. The Hall–Kier alpha value is -1.81. The average Bonchev–Trinajstić information content (AvgIpc) is 2.65. The highest BCUT2D eigenvalue weighted by Crippen LogP contribution is 2.15. The number of carbonyl (C=O) groups excluding carboxylic acids is 1. The van der Waals surface area contributed by atoms with E-state index in [4.69, 9.17) is 11.6 Å². The smallest absolute Gasteiger partial charge is 0.275 e. The van der Waals surface area contributed by atoms with Crippen molar-refractivity contribution < 1.29 is 4.79 Å². The highest BCUT2D eigenvalue weighted by Gasteiger charge is 2.08. The van der Waals surface area contributed by atoms with Crippen LogP contribution < -0.4 is 5.32 Å². The fourth-order valence-corrected chi connectivity index (χ4v) is 1.48. The van der Waals surface area contributed by atoms with Crippen LogP contribution in [-0.4, -0.2) is 15.5 Å². The summed E-state index contributed by atoms with van der Waals surface area (Å²) in [5, 5.41) is 3.30. The van der Waals surface area contributed by atoms with E-state index in [1.54, 1.807) is 41.4 Å². The van der Waals surface area contributed by atoms with Gasteiger partial charge in [0.05, 0.1) is 6.33 Å². The lowest BCUT2D eigenvalue weighted by Crippen LogP contribution is -2.12. The van der Waals surface area contributed by atoms with Crippen molar-refractivity contribution >= 4 is 23.2 Å². The maximum absolute atomic E-state index is 11.7. The number of nitrogens with one attached hydrogen (secondary N) is 1. The number of hydrogen-bond acceptors (Lipinski definition) is 2. The first-order chi connectivity index (χ1) is 7.65. The SMILES string of the molecule is Cn1cnc(C(=O)Nc2cccc(Cl)c2)c1. The summed E-state index contributed by atoms with van der Waals surface area (Å²) in [5.74, 6) is -0.247. The van der Waals surface area contributed by atoms with Crippen molar-refractivity contribution in [2.75, 3.05) is 5.32 Å². The molecule has 1 aromatic carbocycles. The minimum Gasteiger partial charge on any atom is -0.340 e. The number of rotatable bonds is 2. The Morgan fingerprint density at radius 1 is 1.50 bits per heavy atom. The third kappa shape index (κ3) is 2.41. The maximum Gasteiger partial charge on any atom is 0.275 e. The number of anilines is 1. The molecule has 0 aliphatic rings. The molecule has 1 aromatic heterocycles. The number of aromatic nitrogens is 2. The van der Waals surface area contributed by atoms with E-state index in [9.17, 15) is 4.79 Å². The topological polar surface area (TPSA) is 46.9 Å². The summed E-state index contributed by atoms with van der Waals surface area (Å²) in [7, 11) is 1.81. The summed E-state index contributed by atoms with van der Waals surface area (Å²) >= 11 is 5.81. The molecule has 0 fully saturated rings. The molecule has 0 spiro atoms. The zero-order valence-electron chi connectivity index (χ0n) is 8.64. The van der Waals surface area contributed by atoms with E-state index in [-0.39, 0.29) is 5.91 Å². The second-order valence-electron chi connectivity index (χ2n) is 3.39. The zero-order valence-corrected chi connectivity index (χ0v) is 9.40. The second-order valence-corrected chi connectivity index (χ2v) is 3.83. The van der Waals surface area contributed by atoms with E-state index in [2.05, 4.69) is 10.3 Å². The lowest BCUT2D eigenvalue weighted by molar-refractivity contribution is 0.102. The van der Waals surface area contributed by atoms with Gasteiger partial charge in [-0.25, -0.2) is 4.98 Å². The van der Waals surface area contributed by atoms with Crippen LogP contribution in [0.1, 0.15) is 10.5 Å². The number of hydrogen-bond donors (Lipinski definition) is 1. The molecule has 1 N–H and O–H groups in total. The minimum absolute atomic E-state index is 0.247. The van der Waals surface area contributed by atoms with E-state index in [0.29, 0.717) is 16.4 Å². The van der Waals surface area contributed by atoms with E-state index >= 15 is 0 Å². The fourth-order valence-electron chi connectivity index (χ4n) is 1.29. The molecule has 1 heterocycles. The van der Waals surface area contributed by atoms with Crippen LogP contribution >= 0.6 is 11.6 Å². The van der Waals surface area contributed by atoms with E-state index in [1.165, 1.54) is 0 Å². The summed E-state index contributed by atoms with van der Waals surface area (Å²) in [6.45, 7) is 0. The van der Waals surface area contributed by atoms with Crippen molar-refractivity contribution in [1.29, 1.82) is 0 Å². The fraction of sp³-hybridized carbons (Fsp3) is 0.0909. The predicted octanol–water partition coefficient (Wildman–Crippen LogP) is 2.33. The summed E-state index contributed by atoms with van der Waals surface area (Å²) in [4.78, 5) is 15.7. The van der Waals surface area contributed by atoms with Gasteiger partial charge in [0.1, 0.15) is 5.69 Å². The zero-order chi connectivity index (χ0) is 11.5. The molecular formula is C11H10ClN3O. The maximum atomic E-state index is 11.7. The Labute approximate surface area is 97.9 Å². The van der Waals surface area contributed by atoms with Gasteiger partial charge in [0.25, 0.3) is 5.91 Å². The van der Waals surface area contributed by atoms with Gasteiger partial charge in [0, 0.05) is 24.0 Å². The predicted molar refractivity (Wildman–Crippen MR) is 62.6 cm³/mol. The first-order valence-electron chi connectivity index (χ1n) is 4.70. The quantitative estimate of drug-likeness (QED) is 0.869. The molecule has 82 valence electrons. The molecule has 0 saturated heterocycles. The van der Waals surface area contributed by atoms with Crippen LogP contribution in [0, 0.1) is 0 Å². The largest absolute Gasteiger partial charge is 0.340 e. The molecule has 0 atom stereocenters. The Morgan fingerprint density at radius 3 is 2.94 bits per heavy atom. The Kier molecular flexibility index (Phi) is 2.92. The Morgan fingerprint density at radius 2 is 2.31 bits per heavy atom. The van der Waals surface area contributed by atoms with Gasteiger partial charge in [-0.05, 0) is 18.2 Å². The Bertz CT molecular complexity index is 521. The lowest BCUT2D eigenvalue weighted by Gasteiger charge is -2.02. The van der Waals surface area contributed by atoms with Crippen molar-refractivity contribution in [3.63, 3.8) is 0 Å². The molecule has 16 heavy (non-hydrogen) atoms. The van der Waals surface area contributed by atoms with Gasteiger partial charge in [-0.15, -0.1) is 0 Å². The van der Waals surface area contributed by atoms with Gasteiger partial charge in [0.15, 0.2) is 0 Å². The van der Waals surface area contributed by atoms with Crippen LogP contribution in [0.25, 0.3) is 0 Å². The summed E-state index contributed by atoms with van der Waals surface area (Å²) < 4.78 is 1.72. The van der Waals surface area contributed by atoms with Crippen molar-refractivity contribution in [3.8, 4) is 0 Å². The van der Waals surface area contributed by atoms with Crippen LogP contribution in [0.4, 0.5) is 5.69 Å². The highest BCUT2D eigenvalue weighted by atomic mass is 35.5. The van der Waals surface area contributed by atoms with Gasteiger partial charge in [-0.1, -0.05) is 17.7 Å². The first kappa shape index (κ1) is 10.7. The third-order valence-electron chi connectivity index (χ3n) is 2.02. The molecular weight excluding hydrogens is 226 g/mol. The summed E-state index contributed by atoms with van der Waals surface area (Å²) in [5.41, 5.74) is 1.03. The summed E-state index contributed by atoms with van der Waals surface area (Å²) in [6, 6.07) is 6.98. The van der Waals surface area contributed by atoms with Crippen LogP contribution in [0.3, 0.4) is 0 Å². The average molecular weight is 236 g/mol. The van der Waals surface area contributed by atoms with Crippen molar-refractivity contribution in [2.45, 2.75) is 0 Å². The molecule has 0 aliphatic carbocycles. The standard InChI is InChI=1S/C11H10ClN3O/c1-15-6-10(13-7-15)11(16)14-9-4-2-3-8(12)5-9/h2-7H,1H3,(H,14,16). The van der Waals surface area contributed by atoms with E-state index < -0.39 is 0 Å². The molecule has 0 aliphatic heterocycles. The molecule has 0 unspecified atom stereocenters. The van der Waals surface area contributed by atoms with E-state index in [1.807, 2.05) is 7.05 Å². The molecule has 0 saturated carbocycles. The van der Waals surface area contributed by atoms with Crippen molar-refractivity contribution in [1.82, 2.24) is 9.55 Å². The normalized spacial score (nSPS) is 10.1. The minimum atomic E-state index is -0.247. The third-order valence-corrected chi connectivity index (χ3v) is 2.26. The number of halogens is 1. The van der Waals surface area contributed by atoms with Gasteiger partial charge in [-0.3, -0.25) is 4.79 Å². The number of amides is 1.